The molecule has 0 aliphatic heterocycles. The number of fused-ring (bicyclic) bond motifs is 1. The van der Waals surface area contributed by atoms with Crippen LogP contribution in [0.1, 0.15) is 22.7 Å². The van der Waals surface area contributed by atoms with Crippen LogP contribution in [-0.4, -0.2) is 0 Å². The van der Waals surface area contributed by atoms with E-state index in [0.29, 0.717) is 6.07 Å². The lowest BCUT2D eigenvalue weighted by atomic mass is 9.91. The van der Waals surface area contributed by atoms with Crippen LogP contribution in [0.4, 0.5) is 13.2 Å². The Morgan fingerprint density at radius 3 is 2.05 bits per heavy atom. The van der Waals surface area contributed by atoms with Crippen molar-refractivity contribution >= 4 is 0 Å². The monoisotopic (exact) mass is 277 g/mol. The van der Waals surface area contributed by atoms with Crippen molar-refractivity contribution in [3.63, 3.8) is 0 Å². The third-order valence-electron chi connectivity index (χ3n) is 3.99. The van der Waals surface area contributed by atoms with Gasteiger partial charge in [0.05, 0.1) is 0 Å². The van der Waals surface area contributed by atoms with E-state index in [9.17, 15) is 13.2 Å². The van der Waals surface area contributed by atoms with Gasteiger partial charge in [-0.15, -0.1) is 0 Å². The molecule has 4 heteroatoms. The fraction of sp³-hybridized carbons (Fsp3) is 0.250. The minimum Gasteiger partial charge on any atom is -0.324 e. The van der Waals surface area contributed by atoms with Crippen LogP contribution in [0.15, 0.2) is 36.4 Å². The zero-order valence-corrected chi connectivity index (χ0v) is 10.7. The van der Waals surface area contributed by atoms with Crippen molar-refractivity contribution in [1.82, 2.24) is 0 Å². The Hall–Kier alpha value is -1.81. The molecule has 0 amide bonds. The molecule has 1 unspecified atom stereocenters. The summed E-state index contributed by atoms with van der Waals surface area (Å²) >= 11 is 0. The highest BCUT2D eigenvalue weighted by molar-refractivity contribution is 5.34. The summed E-state index contributed by atoms with van der Waals surface area (Å²) in [6.07, 6.45) is 1.46. The maximum atomic E-state index is 13.8. The predicted octanol–water partition coefficient (Wildman–Crippen LogP) is 3.52. The first-order valence-corrected chi connectivity index (χ1v) is 6.53. The largest absolute Gasteiger partial charge is 0.324 e. The van der Waals surface area contributed by atoms with Gasteiger partial charge in [0, 0.05) is 17.7 Å². The first kappa shape index (κ1) is 13.2. The summed E-state index contributed by atoms with van der Waals surface area (Å²) in [5.74, 6) is -3.03. The van der Waals surface area contributed by atoms with Gasteiger partial charge in [0.25, 0.3) is 0 Å². The van der Waals surface area contributed by atoms with Crippen LogP contribution >= 0.6 is 0 Å². The fourth-order valence-electron chi connectivity index (χ4n) is 2.89. The third kappa shape index (κ3) is 2.20. The predicted molar refractivity (Wildman–Crippen MR) is 70.6 cm³/mol. The molecule has 0 saturated carbocycles. The summed E-state index contributed by atoms with van der Waals surface area (Å²) in [5.41, 5.74) is 8.49. The summed E-state index contributed by atoms with van der Waals surface area (Å²) in [6, 6.07) is 8.73. The summed E-state index contributed by atoms with van der Waals surface area (Å²) < 4.78 is 40.0. The highest BCUT2D eigenvalue weighted by Crippen LogP contribution is 2.35. The van der Waals surface area contributed by atoms with E-state index in [1.807, 2.05) is 24.3 Å². The van der Waals surface area contributed by atoms with E-state index in [-0.39, 0.29) is 11.5 Å². The van der Waals surface area contributed by atoms with Crippen LogP contribution in [0.25, 0.3) is 0 Å². The second kappa shape index (κ2) is 4.94. The van der Waals surface area contributed by atoms with Gasteiger partial charge in [-0.2, -0.15) is 0 Å². The van der Waals surface area contributed by atoms with E-state index in [2.05, 4.69) is 0 Å². The van der Waals surface area contributed by atoms with E-state index in [4.69, 9.17) is 5.73 Å². The number of rotatable bonds is 2. The van der Waals surface area contributed by atoms with Crippen LogP contribution in [0.2, 0.25) is 0 Å². The van der Waals surface area contributed by atoms with E-state index >= 15 is 0 Å². The van der Waals surface area contributed by atoms with Gasteiger partial charge >= 0.3 is 0 Å². The summed E-state index contributed by atoms with van der Waals surface area (Å²) in [5, 5.41) is 0. The molecule has 2 aromatic rings. The summed E-state index contributed by atoms with van der Waals surface area (Å²) in [6.45, 7) is 0. The second-order valence-corrected chi connectivity index (χ2v) is 5.25. The van der Waals surface area contributed by atoms with Crippen molar-refractivity contribution < 1.29 is 13.2 Å². The molecule has 1 atom stereocenters. The SMILES string of the molecule is NC(c1cc(F)c(F)cc1F)C1Cc2ccccc2C1. The fourth-order valence-corrected chi connectivity index (χ4v) is 2.89. The maximum Gasteiger partial charge on any atom is 0.161 e. The average Bonchev–Trinajstić information content (AvgIpc) is 2.86. The highest BCUT2D eigenvalue weighted by atomic mass is 19.2. The highest BCUT2D eigenvalue weighted by Gasteiger charge is 2.29. The van der Waals surface area contributed by atoms with Crippen molar-refractivity contribution in [2.24, 2.45) is 11.7 Å². The molecule has 0 heterocycles. The third-order valence-corrected chi connectivity index (χ3v) is 3.99. The minimum atomic E-state index is -1.19. The van der Waals surface area contributed by atoms with E-state index in [1.54, 1.807) is 0 Å². The normalized spacial score (nSPS) is 16.2. The Kier molecular flexibility index (Phi) is 3.26. The summed E-state index contributed by atoms with van der Waals surface area (Å²) in [4.78, 5) is 0. The van der Waals surface area contributed by atoms with Gasteiger partial charge in [0.2, 0.25) is 0 Å². The molecule has 0 spiro atoms. The maximum absolute atomic E-state index is 13.8. The van der Waals surface area contributed by atoms with E-state index in [1.165, 1.54) is 11.1 Å². The molecule has 3 rings (SSSR count). The van der Waals surface area contributed by atoms with Crippen molar-refractivity contribution in [3.8, 4) is 0 Å². The molecule has 1 aliphatic rings. The quantitative estimate of drug-likeness (QED) is 0.835. The van der Waals surface area contributed by atoms with Crippen molar-refractivity contribution in [3.05, 3.63) is 70.5 Å². The molecule has 1 nitrogen and oxygen atoms in total. The van der Waals surface area contributed by atoms with Gasteiger partial charge in [-0.1, -0.05) is 24.3 Å². The molecule has 0 bridgehead atoms. The number of hydrogen-bond acceptors (Lipinski definition) is 1. The molecular formula is C16H14F3N. The Morgan fingerprint density at radius 2 is 1.45 bits per heavy atom. The molecule has 1 aliphatic carbocycles. The average molecular weight is 277 g/mol. The van der Waals surface area contributed by atoms with Gasteiger partial charge < -0.3 is 5.73 Å². The Balaban J connectivity index is 1.88. The van der Waals surface area contributed by atoms with Gasteiger partial charge in [0.1, 0.15) is 5.82 Å². The Labute approximate surface area is 115 Å². The Morgan fingerprint density at radius 1 is 0.900 bits per heavy atom. The first-order chi connectivity index (χ1) is 9.56. The molecule has 0 aromatic heterocycles. The van der Waals surface area contributed by atoms with Crippen molar-refractivity contribution in [1.29, 1.82) is 0 Å². The lowest BCUT2D eigenvalue weighted by Crippen LogP contribution is -2.23. The zero-order chi connectivity index (χ0) is 14.3. The molecule has 2 aromatic carbocycles. The topological polar surface area (TPSA) is 26.0 Å². The van der Waals surface area contributed by atoms with Gasteiger partial charge in [0.15, 0.2) is 11.6 Å². The number of benzene rings is 2. The molecule has 20 heavy (non-hydrogen) atoms. The second-order valence-electron chi connectivity index (χ2n) is 5.25. The number of nitrogens with two attached hydrogens (primary N) is 1. The van der Waals surface area contributed by atoms with Crippen LogP contribution in [0.5, 0.6) is 0 Å². The molecule has 0 saturated heterocycles. The van der Waals surface area contributed by atoms with Crippen molar-refractivity contribution in [2.75, 3.05) is 0 Å². The van der Waals surface area contributed by atoms with Gasteiger partial charge in [-0.25, -0.2) is 13.2 Å². The first-order valence-electron chi connectivity index (χ1n) is 6.53. The summed E-state index contributed by atoms with van der Waals surface area (Å²) in [7, 11) is 0. The lowest BCUT2D eigenvalue weighted by Gasteiger charge is -2.20. The van der Waals surface area contributed by atoms with Gasteiger partial charge in [-0.3, -0.25) is 0 Å². The van der Waals surface area contributed by atoms with Crippen LogP contribution in [0, 0.1) is 23.4 Å². The van der Waals surface area contributed by atoms with Gasteiger partial charge in [-0.05, 0) is 36.0 Å². The molecular weight excluding hydrogens is 263 g/mol. The standard InChI is InChI=1S/C16H14F3N/c17-13-8-15(19)14(18)7-12(13)16(20)11-5-9-3-1-2-4-10(9)6-11/h1-4,7-8,11,16H,5-6,20H2. The van der Waals surface area contributed by atoms with Crippen LogP contribution in [-0.2, 0) is 12.8 Å². The smallest absolute Gasteiger partial charge is 0.161 e. The molecule has 2 N–H and O–H groups in total. The molecule has 0 fully saturated rings. The molecule has 0 radical (unpaired) electrons. The van der Waals surface area contributed by atoms with E-state index < -0.39 is 23.5 Å². The lowest BCUT2D eigenvalue weighted by molar-refractivity contribution is 0.425. The minimum absolute atomic E-state index is 0.00626. The van der Waals surface area contributed by atoms with E-state index in [0.717, 1.165) is 18.9 Å². The number of hydrogen-bond donors (Lipinski definition) is 1. The zero-order valence-electron chi connectivity index (χ0n) is 10.7. The molecule has 104 valence electrons. The van der Waals surface area contributed by atoms with Crippen molar-refractivity contribution in [2.45, 2.75) is 18.9 Å². The van der Waals surface area contributed by atoms with Crippen LogP contribution < -0.4 is 5.73 Å². The van der Waals surface area contributed by atoms with Crippen LogP contribution in [0.3, 0.4) is 0 Å². The Bertz CT molecular complexity index is 629. The number of halogens is 3.